The second-order valence-electron chi connectivity index (χ2n) is 11.0. The summed E-state index contributed by atoms with van der Waals surface area (Å²) in [5, 5.41) is 2.77. The summed E-state index contributed by atoms with van der Waals surface area (Å²) >= 11 is 0. The number of nitrogens with one attached hydrogen (secondary N) is 1. The van der Waals surface area contributed by atoms with Crippen LogP contribution in [0.2, 0.25) is 0 Å². The van der Waals surface area contributed by atoms with Gasteiger partial charge >= 0.3 is 0 Å². The molecule has 0 unspecified atom stereocenters. The first-order valence-corrected chi connectivity index (χ1v) is 14.6. The van der Waals surface area contributed by atoms with Crippen LogP contribution in [0, 0.1) is 24.7 Å². The molecular formula is C28H36N2O4S. The number of hydrogen-bond donors (Lipinski definition) is 1. The minimum absolute atomic E-state index is 0.250. The Bertz CT molecular complexity index is 1140. The molecule has 35 heavy (non-hydrogen) atoms. The Labute approximate surface area is 209 Å². The lowest BCUT2D eigenvalue weighted by Gasteiger charge is -2.57. The van der Waals surface area contributed by atoms with Crippen molar-refractivity contribution in [1.29, 1.82) is 0 Å². The minimum Gasteiger partial charge on any atom is -0.492 e. The predicted molar refractivity (Wildman–Crippen MR) is 138 cm³/mol. The SMILES string of the molecule is Cc1cccc(OCCNC(=O)CN(c2ccc(C34CC5CC(CC(C5)C3)C4)cc2)S(C)(=O)=O)c1. The number of amides is 1. The maximum absolute atomic E-state index is 12.6. The Kier molecular flexibility index (Phi) is 6.55. The standard InChI is InChI=1S/C28H36N2O4S/c1-20-4-3-5-26(12-20)34-11-10-29-27(31)19-30(35(2,32)33)25-8-6-24(7-9-25)28-16-21-13-22(17-28)15-23(14-21)18-28/h3-9,12,21-23H,10-11,13-19H2,1-2H3,(H,29,31). The number of ether oxygens (including phenoxy) is 1. The van der Waals surface area contributed by atoms with Crippen LogP contribution in [0.15, 0.2) is 48.5 Å². The van der Waals surface area contributed by atoms with E-state index in [1.165, 1.54) is 48.4 Å². The molecule has 0 aliphatic heterocycles. The first-order valence-electron chi connectivity index (χ1n) is 12.7. The van der Waals surface area contributed by atoms with Crippen LogP contribution < -0.4 is 14.4 Å². The molecule has 7 heteroatoms. The molecule has 0 atom stereocenters. The van der Waals surface area contributed by atoms with Gasteiger partial charge in [0.1, 0.15) is 18.9 Å². The van der Waals surface area contributed by atoms with Gasteiger partial charge in [0.2, 0.25) is 15.9 Å². The lowest BCUT2D eigenvalue weighted by molar-refractivity contribution is -0.119. The fraction of sp³-hybridized carbons (Fsp3) is 0.536. The minimum atomic E-state index is -3.61. The van der Waals surface area contributed by atoms with Crippen molar-refractivity contribution in [3.63, 3.8) is 0 Å². The van der Waals surface area contributed by atoms with Crippen LogP contribution in [0.3, 0.4) is 0 Å². The largest absolute Gasteiger partial charge is 0.492 e. The van der Waals surface area contributed by atoms with Crippen molar-refractivity contribution in [2.24, 2.45) is 17.8 Å². The number of benzene rings is 2. The quantitative estimate of drug-likeness (QED) is 0.522. The first kappa shape index (κ1) is 24.2. The van der Waals surface area contributed by atoms with Crippen LogP contribution >= 0.6 is 0 Å². The smallest absolute Gasteiger partial charge is 0.240 e. The third-order valence-electron chi connectivity index (χ3n) is 8.18. The second-order valence-corrected chi connectivity index (χ2v) is 12.9. The third kappa shape index (κ3) is 5.35. The van der Waals surface area contributed by atoms with Crippen molar-refractivity contribution < 1.29 is 17.9 Å². The van der Waals surface area contributed by atoms with E-state index < -0.39 is 10.0 Å². The summed E-state index contributed by atoms with van der Waals surface area (Å²) in [4.78, 5) is 12.6. The molecular weight excluding hydrogens is 460 g/mol. The Hall–Kier alpha value is -2.54. The Morgan fingerprint density at radius 3 is 2.23 bits per heavy atom. The van der Waals surface area contributed by atoms with E-state index in [1.54, 1.807) is 0 Å². The van der Waals surface area contributed by atoms with E-state index in [-0.39, 0.29) is 17.9 Å². The molecule has 188 valence electrons. The van der Waals surface area contributed by atoms with Gasteiger partial charge in [-0.25, -0.2) is 8.42 Å². The molecule has 0 radical (unpaired) electrons. The molecule has 2 aromatic carbocycles. The molecule has 6 rings (SSSR count). The maximum Gasteiger partial charge on any atom is 0.240 e. The number of carbonyl (C=O) groups excluding carboxylic acids is 1. The van der Waals surface area contributed by atoms with Gasteiger partial charge in [0.25, 0.3) is 0 Å². The second kappa shape index (κ2) is 9.49. The highest BCUT2D eigenvalue weighted by atomic mass is 32.2. The lowest BCUT2D eigenvalue weighted by atomic mass is 9.48. The van der Waals surface area contributed by atoms with Gasteiger partial charge in [-0.1, -0.05) is 24.3 Å². The van der Waals surface area contributed by atoms with Crippen LogP contribution in [0.1, 0.15) is 49.7 Å². The van der Waals surface area contributed by atoms with Gasteiger partial charge in [-0.05, 0) is 104 Å². The van der Waals surface area contributed by atoms with Crippen LogP contribution in [-0.2, 0) is 20.2 Å². The summed E-state index contributed by atoms with van der Waals surface area (Å²) in [6.45, 7) is 2.35. The third-order valence-corrected chi connectivity index (χ3v) is 9.32. The van der Waals surface area contributed by atoms with Crippen LogP contribution in [-0.4, -0.2) is 40.3 Å². The highest BCUT2D eigenvalue weighted by Gasteiger charge is 2.51. The molecule has 1 N–H and O–H groups in total. The molecule has 4 bridgehead atoms. The maximum atomic E-state index is 12.6. The molecule has 6 nitrogen and oxygen atoms in total. The summed E-state index contributed by atoms with van der Waals surface area (Å²) in [7, 11) is -3.61. The topological polar surface area (TPSA) is 75.7 Å². The van der Waals surface area contributed by atoms with E-state index >= 15 is 0 Å². The van der Waals surface area contributed by atoms with Crippen molar-refractivity contribution >= 4 is 21.6 Å². The summed E-state index contributed by atoms with van der Waals surface area (Å²) < 4.78 is 31.9. The molecule has 0 aromatic heterocycles. The molecule has 4 aliphatic rings. The fourth-order valence-electron chi connectivity index (χ4n) is 7.10. The zero-order valence-corrected chi connectivity index (χ0v) is 21.5. The van der Waals surface area contributed by atoms with Crippen molar-refractivity contribution in [2.45, 2.75) is 50.9 Å². The number of sulfonamides is 1. The zero-order valence-electron chi connectivity index (χ0n) is 20.7. The van der Waals surface area contributed by atoms with E-state index in [0.717, 1.165) is 35.3 Å². The van der Waals surface area contributed by atoms with E-state index in [0.29, 0.717) is 18.8 Å². The Morgan fingerprint density at radius 2 is 1.66 bits per heavy atom. The molecule has 2 aromatic rings. The van der Waals surface area contributed by atoms with Crippen molar-refractivity contribution in [3.8, 4) is 5.75 Å². The molecule has 4 fully saturated rings. The van der Waals surface area contributed by atoms with Gasteiger partial charge < -0.3 is 10.1 Å². The normalized spacial score (nSPS) is 27.0. The van der Waals surface area contributed by atoms with Gasteiger partial charge in [-0.3, -0.25) is 9.10 Å². The van der Waals surface area contributed by atoms with Crippen molar-refractivity contribution in [1.82, 2.24) is 5.32 Å². The molecule has 4 aliphatic carbocycles. The summed E-state index contributed by atoms with van der Waals surface area (Å²) in [5.74, 6) is 2.95. The molecule has 4 saturated carbocycles. The van der Waals surface area contributed by atoms with Gasteiger partial charge in [0.15, 0.2) is 0 Å². The van der Waals surface area contributed by atoms with E-state index in [2.05, 4.69) is 17.4 Å². The number of nitrogens with zero attached hydrogens (tertiary/aromatic N) is 1. The van der Waals surface area contributed by atoms with Crippen LogP contribution in [0.5, 0.6) is 5.75 Å². The Balaban J connectivity index is 1.21. The number of anilines is 1. The van der Waals surface area contributed by atoms with Crippen LogP contribution in [0.4, 0.5) is 5.69 Å². The first-order chi connectivity index (χ1) is 16.7. The van der Waals surface area contributed by atoms with Gasteiger partial charge in [0, 0.05) is 0 Å². The van der Waals surface area contributed by atoms with Crippen molar-refractivity contribution in [2.75, 3.05) is 30.3 Å². The average molecular weight is 497 g/mol. The number of rotatable bonds is 9. The van der Waals surface area contributed by atoms with E-state index in [1.807, 2.05) is 43.3 Å². The highest BCUT2D eigenvalue weighted by Crippen LogP contribution is 2.60. The predicted octanol–water partition coefficient (Wildman–Crippen LogP) is 4.42. The summed E-state index contributed by atoms with van der Waals surface area (Å²) in [5.41, 5.74) is 3.24. The summed E-state index contributed by atoms with van der Waals surface area (Å²) in [6, 6.07) is 15.7. The zero-order chi connectivity index (χ0) is 24.6. The van der Waals surface area contributed by atoms with Gasteiger partial charge in [-0.15, -0.1) is 0 Å². The lowest BCUT2D eigenvalue weighted by Crippen LogP contribution is -2.48. The number of hydrogen-bond acceptors (Lipinski definition) is 4. The Morgan fingerprint density at radius 1 is 1.03 bits per heavy atom. The summed E-state index contributed by atoms with van der Waals surface area (Å²) in [6.07, 6.45) is 9.12. The van der Waals surface area contributed by atoms with Gasteiger partial charge in [0.05, 0.1) is 18.5 Å². The number of aryl methyl sites for hydroxylation is 1. The monoisotopic (exact) mass is 496 g/mol. The number of carbonyl (C=O) groups is 1. The molecule has 0 spiro atoms. The highest BCUT2D eigenvalue weighted by molar-refractivity contribution is 7.92. The fourth-order valence-corrected chi connectivity index (χ4v) is 7.95. The van der Waals surface area contributed by atoms with E-state index in [4.69, 9.17) is 4.74 Å². The molecule has 0 heterocycles. The molecule has 1 amide bonds. The van der Waals surface area contributed by atoms with Crippen LogP contribution in [0.25, 0.3) is 0 Å². The average Bonchev–Trinajstić information content (AvgIpc) is 2.79. The van der Waals surface area contributed by atoms with Crippen molar-refractivity contribution in [3.05, 3.63) is 59.7 Å². The molecule has 0 saturated heterocycles. The van der Waals surface area contributed by atoms with E-state index in [9.17, 15) is 13.2 Å². The van der Waals surface area contributed by atoms with Gasteiger partial charge in [-0.2, -0.15) is 0 Å².